The molecule has 5 heteroatoms. The molecule has 2 nitrogen and oxygen atoms in total. The topological polar surface area (TPSA) is 44.0 Å². The molecule has 1 aliphatic carbocycles. The quantitative estimate of drug-likeness (QED) is 0.633. The fraction of sp³-hybridized carbons (Fsp3) is 0.462. The van der Waals surface area contributed by atoms with Crippen molar-refractivity contribution in [3.05, 3.63) is 44.4 Å². The molecule has 0 amide bonds. The van der Waals surface area contributed by atoms with E-state index in [2.05, 4.69) is 23.3 Å². The Labute approximate surface area is 141 Å². The van der Waals surface area contributed by atoms with Crippen LogP contribution in [-0.2, 0) is 24.2 Å². The summed E-state index contributed by atoms with van der Waals surface area (Å²) < 4.78 is 3.34. The Kier molecular flexibility index (Phi) is 61.8. The summed E-state index contributed by atoms with van der Waals surface area (Å²) in [6, 6.07) is 0. The van der Waals surface area contributed by atoms with Gasteiger partial charge in [0.2, 0.25) is 0 Å². The van der Waals surface area contributed by atoms with E-state index in [-0.39, 0.29) is 44.4 Å². The molecule has 2 N–H and O–H groups in total. The van der Waals surface area contributed by atoms with Crippen LogP contribution >= 0.6 is 24.8 Å². The summed E-state index contributed by atoms with van der Waals surface area (Å²) in [6.45, 7) is 8.60. The molecule has 0 aromatic heterocycles. The van der Waals surface area contributed by atoms with Gasteiger partial charge >= 0.3 is 28.4 Å². The molecule has 0 aliphatic heterocycles. The molecule has 0 heterocycles. The molecule has 1 aliphatic rings. The van der Waals surface area contributed by atoms with Crippen molar-refractivity contribution in [3.63, 3.8) is 0 Å². The van der Waals surface area contributed by atoms with Crippen LogP contribution in [0.3, 0.4) is 0 Å². The van der Waals surface area contributed by atoms with Crippen LogP contribution in [0.2, 0.25) is 0 Å². The average molecular weight is 375 g/mol. The van der Waals surface area contributed by atoms with Gasteiger partial charge in [-0.05, 0) is 0 Å². The summed E-state index contributed by atoms with van der Waals surface area (Å²) in [5.74, 6) is 0. The summed E-state index contributed by atoms with van der Waals surface area (Å²) in [5.41, 5.74) is 6.69. The van der Waals surface area contributed by atoms with Gasteiger partial charge in [-0.15, -0.1) is 36.8 Å². The SMILES string of the molecule is CC(C)(C)[NH-].Cl.Cl.[C-]1=CC=CC1.[CH2-]CO.[CH2]=[Zr].[CH3-]. The second-order valence-corrected chi connectivity index (χ2v) is 3.48. The fourth-order valence-corrected chi connectivity index (χ4v) is 0.340. The van der Waals surface area contributed by atoms with E-state index in [1.54, 1.807) is 0 Å². The van der Waals surface area contributed by atoms with Crippen LogP contribution in [-0.4, -0.2) is 21.5 Å². The minimum absolute atomic E-state index is 0. The predicted molar refractivity (Wildman–Crippen MR) is 86.1 cm³/mol. The van der Waals surface area contributed by atoms with Gasteiger partial charge < -0.3 is 25.2 Å². The first-order valence-electron chi connectivity index (χ1n) is 4.64. The van der Waals surface area contributed by atoms with E-state index in [0.29, 0.717) is 0 Å². The van der Waals surface area contributed by atoms with Crippen molar-refractivity contribution >= 4 is 29.0 Å². The van der Waals surface area contributed by atoms with Crippen LogP contribution in [0.5, 0.6) is 0 Å². The van der Waals surface area contributed by atoms with E-state index in [1.165, 1.54) is 24.2 Å². The molecule has 0 saturated heterocycles. The van der Waals surface area contributed by atoms with Gasteiger partial charge in [-0.1, -0.05) is 27.4 Å². The van der Waals surface area contributed by atoms with Crippen LogP contribution in [0.1, 0.15) is 27.2 Å². The zero-order valence-electron chi connectivity index (χ0n) is 11.8. The molecule has 0 aromatic carbocycles. The van der Waals surface area contributed by atoms with Crippen LogP contribution in [0.4, 0.5) is 0 Å². The zero-order valence-corrected chi connectivity index (χ0v) is 15.9. The third-order valence-corrected chi connectivity index (χ3v) is 0.586. The first-order valence-corrected chi connectivity index (χ1v) is 6.38. The first-order chi connectivity index (χ1) is 6.91. The number of allylic oxidation sites excluding steroid dienone is 4. The second-order valence-electron chi connectivity index (χ2n) is 3.48. The molecular formula is C13H27Cl2NOZr-4. The number of nitrogens with one attached hydrogen (secondary N) is 1. The molecule has 0 radical (unpaired) electrons. The van der Waals surface area contributed by atoms with Gasteiger partial charge in [0.25, 0.3) is 0 Å². The number of rotatable bonds is 0. The van der Waals surface area contributed by atoms with Crippen molar-refractivity contribution in [1.29, 1.82) is 0 Å². The minimum atomic E-state index is -0.250. The smallest absolute Gasteiger partial charge is 0.358 e. The van der Waals surface area contributed by atoms with Crippen molar-refractivity contribution in [2.24, 2.45) is 0 Å². The Balaban J connectivity index is -0.0000000266. The van der Waals surface area contributed by atoms with Crippen molar-refractivity contribution in [3.8, 4) is 0 Å². The first kappa shape index (κ1) is 36.3. The molecule has 112 valence electrons. The standard InChI is InChI=1S/C5H5.C4H10N.C2H5O.CH3.CH2.2ClH.Zr/c1-2-4-5-3-1;1-4(2,3)5;1-2-3;;;;;/h1-3H,4H2;5H,1-3H3;3H,1-2H2;1H3;1H2;2*1H;/q4*-1;;;;. The van der Waals surface area contributed by atoms with E-state index in [4.69, 9.17) is 10.8 Å². The molecule has 0 unspecified atom stereocenters. The van der Waals surface area contributed by atoms with Crippen LogP contribution in [0, 0.1) is 20.4 Å². The summed E-state index contributed by atoms with van der Waals surface area (Å²) in [5, 5.41) is 7.46. The van der Waals surface area contributed by atoms with E-state index in [9.17, 15) is 0 Å². The van der Waals surface area contributed by atoms with Crippen LogP contribution < -0.4 is 0 Å². The number of aliphatic hydroxyl groups is 1. The Morgan fingerprint density at radius 3 is 1.72 bits per heavy atom. The average Bonchev–Trinajstić information content (AvgIpc) is 2.61. The summed E-state index contributed by atoms with van der Waals surface area (Å²) >= 11 is 1.30. The second kappa shape index (κ2) is 30.6. The maximum Gasteiger partial charge on any atom is -0.358 e. The van der Waals surface area contributed by atoms with E-state index < -0.39 is 0 Å². The Morgan fingerprint density at radius 2 is 1.67 bits per heavy atom. The Bertz CT molecular complexity index is 153. The van der Waals surface area contributed by atoms with Crippen molar-refractivity contribution in [2.45, 2.75) is 32.7 Å². The van der Waals surface area contributed by atoms with Crippen molar-refractivity contribution in [1.82, 2.24) is 0 Å². The van der Waals surface area contributed by atoms with Crippen LogP contribution in [0.15, 0.2) is 18.2 Å². The molecule has 0 bridgehead atoms. The van der Waals surface area contributed by atoms with Gasteiger partial charge in [-0.2, -0.15) is 6.08 Å². The molecule has 0 saturated carbocycles. The van der Waals surface area contributed by atoms with E-state index >= 15 is 0 Å². The summed E-state index contributed by atoms with van der Waals surface area (Å²) in [4.78, 5) is 0. The molecule has 0 aromatic rings. The maximum atomic E-state index is 7.46. The number of hydrogen-bond donors (Lipinski definition) is 1. The Hall–Kier alpha value is 0.733. The molecule has 0 spiro atoms. The summed E-state index contributed by atoms with van der Waals surface area (Å²) in [7, 11) is 0. The van der Waals surface area contributed by atoms with Gasteiger partial charge in [-0.25, -0.2) is 12.2 Å². The summed E-state index contributed by atoms with van der Waals surface area (Å²) in [6.07, 6.45) is 10.0. The van der Waals surface area contributed by atoms with Crippen molar-refractivity contribution < 1.29 is 29.3 Å². The van der Waals surface area contributed by atoms with Crippen molar-refractivity contribution in [2.75, 3.05) is 6.61 Å². The largest absolute Gasteiger partial charge is 0.358 e. The van der Waals surface area contributed by atoms with Gasteiger partial charge in [0.1, 0.15) is 0 Å². The molecule has 0 fully saturated rings. The molecule has 1 rings (SSSR count). The monoisotopic (exact) mass is 373 g/mol. The predicted octanol–water partition coefficient (Wildman–Crippen LogP) is 4.21. The van der Waals surface area contributed by atoms with Crippen LogP contribution in [0.25, 0.3) is 5.73 Å². The third kappa shape index (κ3) is 126. The van der Waals surface area contributed by atoms with Gasteiger partial charge in [-0.3, -0.25) is 6.08 Å². The minimum Gasteiger partial charge on any atom is -0.358 e. The van der Waals surface area contributed by atoms with Gasteiger partial charge in [0.05, 0.1) is 0 Å². The number of hydrogen-bond acceptors (Lipinski definition) is 1. The molecular weight excluding hydrogens is 348 g/mol. The van der Waals surface area contributed by atoms with E-state index in [1.807, 2.05) is 32.9 Å². The van der Waals surface area contributed by atoms with Gasteiger partial charge in [0, 0.05) is 0 Å². The zero-order chi connectivity index (χ0) is 12.7. The fourth-order valence-electron chi connectivity index (χ4n) is 0.340. The van der Waals surface area contributed by atoms with E-state index in [0.717, 1.165) is 6.42 Å². The third-order valence-electron chi connectivity index (χ3n) is 0.586. The molecule has 0 atom stereocenters. The molecule has 18 heavy (non-hydrogen) atoms. The Morgan fingerprint density at radius 1 is 1.39 bits per heavy atom. The van der Waals surface area contributed by atoms with Gasteiger partial charge in [0.15, 0.2) is 0 Å². The maximum absolute atomic E-state index is 7.46. The normalized spacial score (nSPS) is 9.39. The number of halogens is 2. The number of aliphatic hydroxyl groups excluding tert-OH is 1.